The Bertz CT molecular complexity index is 1080. The topological polar surface area (TPSA) is 95.9 Å². The van der Waals surface area contributed by atoms with Crippen LogP contribution in [-0.4, -0.2) is 40.7 Å². The molecule has 0 spiro atoms. The Morgan fingerprint density at radius 2 is 2.00 bits per heavy atom. The van der Waals surface area contributed by atoms with Crippen molar-refractivity contribution in [2.24, 2.45) is 0 Å². The number of nitrogens with one attached hydrogen (secondary N) is 1. The molecule has 1 fully saturated rings. The third-order valence-corrected chi connectivity index (χ3v) is 5.61. The Hall–Kier alpha value is -2.97. The van der Waals surface area contributed by atoms with Crippen molar-refractivity contribution in [3.63, 3.8) is 0 Å². The molecule has 0 unspecified atom stereocenters. The van der Waals surface area contributed by atoms with Crippen molar-refractivity contribution in [1.82, 2.24) is 4.90 Å². The summed E-state index contributed by atoms with van der Waals surface area (Å²) in [5.41, 5.74) is 2.96. The standard InChI is InChI=1S/C21H19ClN2O5S/c1-11-4-5-12(2)15(6-11)23-18(25)10-24-20(27)17(30-21(24)28)9-13-7-14(22)19(26)16(8-13)29-3/h4-9,26H,10H2,1-3H3,(H,23,25)/b17-9-. The molecule has 0 atom stereocenters. The largest absolute Gasteiger partial charge is 0.503 e. The van der Waals surface area contributed by atoms with Crippen LogP contribution in [-0.2, 0) is 9.59 Å². The number of thioether (sulfide) groups is 1. The van der Waals surface area contributed by atoms with Crippen molar-refractivity contribution in [2.75, 3.05) is 19.0 Å². The van der Waals surface area contributed by atoms with Gasteiger partial charge in [-0.1, -0.05) is 23.7 Å². The summed E-state index contributed by atoms with van der Waals surface area (Å²) < 4.78 is 5.04. The molecule has 3 amide bonds. The molecule has 30 heavy (non-hydrogen) atoms. The minimum Gasteiger partial charge on any atom is -0.503 e. The Morgan fingerprint density at radius 3 is 2.70 bits per heavy atom. The summed E-state index contributed by atoms with van der Waals surface area (Å²) in [5.74, 6) is -1.13. The number of aromatic hydroxyl groups is 1. The summed E-state index contributed by atoms with van der Waals surface area (Å²) in [6.07, 6.45) is 1.46. The summed E-state index contributed by atoms with van der Waals surface area (Å²) in [6.45, 7) is 3.37. The van der Waals surface area contributed by atoms with Gasteiger partial charge in [0.2, 0.25) is 5.91 Å². The summed E-state index contributed by atoms with van der Waals surface area (Å²) in [6, 6.07) is 8.56. The fraction of sp³-hybridized carbons (Fsp3) is 0.190. The molecule has 0 radical (unpaired) electrons. The number of carbonyl (C=O) groups is 3. The smallest absolute Gasteiger partial charge is 0.294 e. The lowest BCUT2D eigenvalue weighted by atomic mass is 10.1. The lowest BCUT2D eigenvalue weighted by molar-refractivity contribution is -0.127. The molecule has 0 bridgehead atoms. The SMILES string of the molecule is COc1cc(/C=C2\SC(=O)N(CC(=O)Nc3cc(C)ccc3C)C2=O)cc(Cl)c1O. The second kappa shape index (κ2) is 8.81. The molecular weight excluding hydrogens is 428 g/mol. The summed E-state index contributed by atoms with van der Waals surface area (Å²) in [5, 5.41) is 12.1. The number of halogens is 1. The van der Waals surface area contributed by atoms with Crippen molar-refractivity contribution in [3.05, 3.63) is 56.9 Å². The number of imide groups is 1. The molecule has 1 heterocycles. The van der Waals surface area contributed by atoms with Gasteiger partial charge in [0, 0.05) is 5.69 Å². The summed E-state index contributed by atoms with van der Waals surface area (Å²) in [7, 11) is 1.37. The van der Waals surface area contributed by atoms with Crippen LogP contribution in [0.5, 0.6) is 11.5 Å². The maximum Gasteiger partial charge on any atom is 0.294 e. The van der Waals surface area contributed by atoms with Crippen molar-refractivity contribution < 1.29 is 24.2 Å². The van der Waals surface area contributed by atoms with Gasteiger partial charge in [-0.25, -0.2) is 0 Å². The number of nitrogens with zero attached hydrogens (tertiary/aromatic N) is 1. The van der Waals surface area contributed by atoms with E-state index >= 15 is 0 Å². The number of hydrogen-bond acceptors (Lipinski definition) is 6. The van der Waals surface area contributed by atoms with E-state index in [0.717, 1.165) is 27.8 Å². The molecule has 156 valence electrons. The Morgan fingerprint density at radius 1 is 1.27 bits per heavy atom. The fourth-order valence-corrected chi connectivity index (χ4v) is 3.88. The highest BCUT2D eigenvalue weighted by molar-refractivity contribution is 8.18. The zero-order valence-electron chi connectivity index (χ0n) is 16.5. The molecule has 1 aliphatic heterocycles. The predicted molar refractivity (Wildman–Crippen MR) is 117 cm³/mol. The number of benzene rings is 2. The summed E-state index contributed by atoms with van der Waals surface area (Å²) in [4.78, 5) is 38.4. The quantitative estimate of drug-likeness (QED) is 0.663. The van der Waals surface area contributed by atoms with E-state index < -0.39 is 23.6 Å². The van der Waals surface area contributed by atoms with Crippen LogP contribution < -0.4 is 10.1 Å². The number of aryl methyl sites for hydroxylation is 2. The number of rotatable bonds is 5. The van der Waals surface area contributed by atoms with Gasteiger partial charge in [-0.2, -0.15) is 0 Å². The van der Waals surface area contributed by atoms with Crippen LogP contribution in [0.1, 0.15) is 16.7 Å². The van der Waals surface area contributed by atoms with E-state index in [4.69, 9.17) is 16.3 Å². The van der Waals surface area contributed by atoms with Gasteiger partial charge in [-0.05, 0) is 66.6 Å². The highest BCUT2D eigenvalue weighted by Crippen LogP contribution is 2.37. The maximum absolute atomic E-state index is 12.7. The van der Waals surface area contributed by atoms with Gasteiger partial charge >= 0.3 is 0 Å². The van der Waals surface area contributed by atoms with E-state index in [2.05, 4.69) is 5.32 Å². The molecule has 2 aromatic rings. The lowest BCUT2D eigenvalue weighted by Gasteiger charge is -2.14. The Labute approximate surface area is 182 Å². The second-order valence-corrected chi connectivity index (χ2v) is 8.09. The van der Waals surface area contributed by atoms with E-state index in [0.29, 0.717) is 11.3 Å². The number of ether oxygens (including phenoxy) is 1. The van der Waals surface area contributed by atoms with E-state index in [9.17, 15) is 19.5 Å². The van der Waals surface area contributed by atoms with Crippen molar-refractivity contribution in [1.29, 1.82) is 0 Å². The van der Waals surface area contributed by atoms with Crippen LogP contribution in [0.25, 0.3) is 6.08 Å². The van der Waals surface area contributed by atoms with Gasteiger partial charge in [-0.3, -0.25) is 19.3 Å². The minimum absolute atomic E-state index is 0.0488. The second-order valence-electron chi connectivity index (χ2n) is 6.69. The molecule has 0 aliphatic carbocycles. The van der Waals surface area contributed by atoms with E-state index in [1.54, 1.807) is 0 Å². The molecule has 9 heteroatoms. The van der Waals surface area contributed by atoms with Crippen molar-refractivity contribution in [2.45, 2.75) is 13.8 Å². The lowest BCUT2D eigenvalue weighted by Crippen LogP contribution is -2.36. The number of phenols is 1. The fourth-order valence-electron chi connectivity index (χ4n) is 2.82. The number of carbonyl (C=O) groups excluding carboxylic acids is 3. The third kappa shape index (κ3) is 4.60. The van der Waals surface area contributed by atoms with Crippen LogP contribution in [0.4, 0.5) is 10.5 Å². The average Bonchev–Trinajstić information content (AvgIpc) is 2.94. The zero-order valence-corrected chi connectivity index (χ0v) is 18.1. The van der Waals surface area contributed by atoms with Crippen LogP contribution >= 0.6 is 23.4 Å². The van der Waals surface area contributed by atoms with Gasteiger partial charge in [0.1, 0.15) is 6.54 Å². The Kier molecular flexibility index (Phi) is 6.38. The first kappa shape index (κ1) is 21.7. The maximum atomic E-state index is 12.7. The third-order valence-electron chi connectivity index (χ3n) is 4.41. The molecule has 2 aromatic carbocycles. The Balaban J connectivity index is 1.76. The first-order chi connectivity index (χ1) is 14.2. The predicted octanol–water partition coefficient (Wildman–Crippen LogP) is 4.35. The van der Waals surface area contributed by atoms with Gasteiger partial charge in [0.15, 0.2) is 11.5 Å². The molecule has 2 N–H and O–H groups in total. The zero-order chi connectivity index (χ0) is 22.0. The number of methoxy groups -OCH3 is 1. The van der Waals surface area contributed by atoms with Crippen LogP contribution in [0.3, 0.4) is 0 Å². The number of hydrogen-bond donors (Lipinski definition) is 2. The highest BCUT2D eigenvalue weighted by atomic mass is 35.5. The highest BCUT2D eigenvalue weighted by Gasteiger charge is 2.36. The molecule has 1 aliphatic rings. The van der Waals surface area contributed by atoms with E-state index in [1.165, 1.54) is 25.3 Å². The number of amides is 3. The minimum atomic E-state index is -0.579. The number of anilines is 1. The van der Waals surface area contributed by atoms with Gasteiger partial charge in [0.05, 0.1) is 17.0 Å². The van der Waals surface area contributed by atoms with Crippen LogP contribution in [0.15, 0.2) is 35.2 Å². The van der Waals surface area contributed by atoms with Gasteiger partial charge < -0.3 is 15.2 Å². The summed E-state index contributed by atoms with van der Waals surface area (Å²) >= 11 is 6.69. The van der Waals surface area contributed by atoms with Crippen LogP contribution in [0.2, 0.25) is 5.02 Å². The van der Waals surface area contributed by atoms with E-state index in [-0.39, 0.29) is 21.4 Å². The van der Waals surface area contributed by atoms with Gasteiger partial charge in [0.25, 0.3) is 11.1 Å². The average molecular weight is 447 g/mol. The first-order valence-electron chi connectivity index (χ1n) is 8.88. The van der Waals surface area contributed by atoms with Crippen molar-refractivity contribution in [3.8, 4) is 11.5 Å². The van der Waals surface area contributed by atoms with Crippen molar-refractivity contribution >= 4 is 52.2 Å². The molecule has 1 saturated heterocycles. The molecule has 7 nitrogen and oxygen atoms in total. The van der Waals surface area contributed by atoms with E-state index in [1.807, 2.05) is 32.0 Å². The first-order valence-corrected chi connectivity index (χ1v) is 10.1. The molecule has 3 rings (SSSR count). The van der Waals surface area contributed by atoms with Gasteiger partial charge in [-0.15, -0.1) is 0 Å². The molecular formula is C21H19ClN2O5S. The normalized spacial score (nSPS) is 15.1. The van der Waals surface area contributed by atoms with Crippen LogP contribution in [0, 0.1) is 13.8 Å². The molecule has 0 saturated carbocycles. The number of phenolic OH excluding ortho intramolecular Hbond substituents is 1. The monoisotopic (exact) mass is 446 g/mol. The molecule has 0 aromatic heterocycles.